The van der Waals surface area contributed by atoms with Crippen molar-refractivity contribution in [1.29, 1.82) is 0 Å². The van der Waals surface area contributed by atoms with E-state index in [2.05, 4.69) is 32.4 Å². The van der Waals surface area contributed by atoms with Crippen LogP contribution in [0.15, 0.2) is 4.42 Å². The van der Waals surface area contributed by atoms with E-state index in [-0.39, 0.29) is 5.91 Å². The maximum atomic E-state index is 13.1. The molecule has 0 aliphatic carbocycles. The van der Waals surface area contributed by atoms with E-state index in [0.717, 1.165) is 56.6 Å². The van der Waals surface area contributed by atoms with Crippen molar-refractivity contribution >= 4 is 17.9 Å². The molecule has 4 rings (SSSR count). The molecule has 0 atom stereocenters. The molecule has 1 N–H and O–H groups in total. The van der Waals surface area contributed by atoms with Crippen molar-refractivity contribution in [1.82, 2.24) is 25.1 Å². The summed E-state index contributed by atoms with van der Waals surface area (Å²) in [7, 11) is 1.77. The highest BCUT2D eigenvalue weighted by Crippen LogP contribution is 2.27. The summed E-state index contributed by atoms with van der Waals surface area (Å²) < 4.78 is 5.78. The van der Waals surface area contributed by atoms with Crippen LogP contribution in [-0.4, -0.2) is 57.7 Å². The Bertz CT molecular complexity index is 829. The van der Waals surface area contributed by atoms with Crippen molar-refractivity contribution in [3.8, 4) is 0 Å². The van der Waals surface area contributed by atoms with Gasteiger partial charge >= 0.3 is 6.01 Å². The number of fused-ring (bicyclic) bond motifs is 1. The molecule has 0 saturated carbocycles. The third-order valence-corrected chi connectivity index (χ3v) is 5.07. The minimum atomic E-state index is -0.0123. The molecule has 4 heterocycles. The molecule has 0 unspecified atom stereocenters. The average molecular weight is 371 g/mol. The number of anilines is 2. The Labute approximate surface area is 158 Å². The minimum absolute atomic E-state index is 0.0123. The number of nitrogens with zero attached hydrogens (tertiary/aromatic N) is 6. The molecule has 2 aliphatic heterocycles. The van der Waals surface area contributed by atoms with Gasteiger partial charge in [-0.1, -0.05) is 12.0 Å². The van der Waals surface area contributed by atoms with E-state index >= 15 is 0 Å². The van der Waals surface area contributed by atoms with Crippen molar-refractivity contribution in [2.75, 3.05) is 36.9 Å². The zero-order valence-electron chi connectivity index (χ0n) is 15.9. The fourth-order valence-corrected chi connectivity index (χ4v) is 3.62. The second-order valence-electron chi connectivity index (χ2n) is 6.97. The molecule has 144 valence electrons. The zero-order chi connectivity index (χ0) is 18.8. The Hall–Kier alpha value is -2.71. The van der Waals surface area contributed by atoms with Crippen LogP contribution in [0.5, 0.6) is 0 Å². The molecular weight excluding hydrogens is 346 g/mol. The van der Waals surface area contributed by atoms with Crippen LogP contribution in [0.4, 0.5) is 12.0 Å². The van der Waals surface area contributed by atoms with Gasteiger partial charge < -0.3 is 19.5 Å². The van der Waals surface area contributed by atoms with Gasteiger partial charge in [0.1, 0.15) is 5.69 Å². The summed E-state index contributed by atoms with van der Waals surface area (Å²) in [4.78, 5) is 26.0. The Balaban J connectivity index is 1.65. The van der Waals surface area contributed by atoms with E-state index in [1.807, 2.05) is 9.80 Å². The lowest BCUT2D eigenvalue weighted by atomic mass is 10.0. The van der Waals surface area contributed by atoms with Crippen molar-refractivity contribution in [3.63, 3.8) is 0 Å². The lowest BCUT2D eigenvalue weighted by Gasteiger charge is -2.28. The van der Waals surface area contributed by atoms with Gasteiger partial charge in [0.25, 0.3) is 5.91 Å². The first-order valence-electron chi connectivity index (χ1n) is 9.63. The number of likely N-dealkylation sites (tertiary alicyclic amines) is 1. The minimum Gasteiger partial charge on any atom is -0.408 e. The lowest BCUT2D eigenvalue weighted by Crippen LogP contribution is -2.36. The number of hydrogen-bond donors (Lipinski definition) is 1. The van der Waals surface area contributed by atoms with Gasteiger partial charge in [-0.15, -0.1) is 5.10 Å². The first kappa shape index (κ1) is 17.7. The highest BCUT2D eigenvalue weighted by Gasteiger charge is 2.30. The second kappa shape index (κ2) is 7.50. The first-order chi connectivity index (χ1) is 13.2. The summed E-state index contributed by atoms with van der Waals surface area (Å²) in [5, 5.41) is 11.3. The van der Waals surface area contributed by atoms with E-state index in [9.17, 15) is 4.79 Å². The second-order valence-corrected chi connectivity index (χ2v) is 6.97. The van der Waals surface area contributed by atoms with Crippen LogP contribution >= 0.6 is 0 Å². The molecule has 0 aromatic carbocycles. The standard InChI is InChI=1S/C18H25N7O2/c1-3-6-14-22-23-18(27-14)25-10-7-13-12(11-25)15(21-17(19-2)20-13)16(26)24-8-4-5-9-24/h3-11H2,1-2H3,(H,19,20,21). The van der Waals surface area contributed by atoms with Gasteiger partial charge in [-0.2, -0.15) is 0 Å². The van der Waals surface area contributed by atoms with Crippen molar-refractivity contribution in [3.05, 3.63) is 22.8 Å². The predicted molar refractivity (Wildman–Crippen MR) is 99.8 cm³/mol. The molecule has 0 radical (unpaired) electrons. The molecule has 1 saturated heterocycles. The van der Waals surface area contributed by atoms with E-state index in [0.29, 0.717) is 36.5 Å². The van der Waals surface area contributed by atoms with E-state index in [1.54, 1.807) is 7.05 Å². The number of aryl methyl sites for hydroxylation is 1. The maximum absolute atomic E-state index is 13.1. The van der Waals surface area contributed by atoms with Gasteiger partial charge in [0.05, 0.1) is 12.2 Å². The smallest absolute Gasteiger partial charge is 0.318 e. The summed E-state index contributed by atoms with van der Waals surface area (Å²) in [6.45, 7) is 4.88. The monoisotopic (exact) mass is 371 g/mol. The number of nitrogens with one attached hydrogen (secondary N) is 1. The summed E-state index contributed by atoms with van der Waals surface area (Å²) in [6.07, 6.45) is 4.53. The Morgan fingerprint density at radius 2 is 2.00 bits per heavy atom. The van der Waals surface area contributed by atoms with Gasteiger partial charge in [-0.3, -0.25) is 4.79 Å². The van der Waals surface area contributed by atoms with Crippen molar-refractivity contribution < 1.29 is 9.21 Å². The zero-order valence-corrected chi connectivity index (χ0v) is 15.9. The molecule has 0 bridgehead atoms. The van der Waals surface area contributed by atoms with Crippen molar-refractivity contribution in [2.45, 2.75) is 45.6 Å². The number of aromatic nitrogens is 4. The van der Waals surface area contributed by atoms with Gasteiger partial charge in [0.2, 0.25) is 11.8 Å². The molecule has 1 amide bonds. The van der Waals surface area contributed by atoms with Gasteiger partial charge in [0.15, 0.2) is 0 Å². The Kier molecular flexibility index (Phi) is 4.91. The fourth-order valence-electron chi connectivity index (χ4n) is 3.62. The van der Waals surface area contributed by atoms with E-state index < -0.39 is 0 Å². The predicted octanol–water partition coefficient (Wildman–Crippen LogP) is 1.65. The van der Waals surface area contributed by atoms with Crippen LogP contribution < -0.4 is 10.2 Å². The Morgan fingerprint density at radius 1 is 1.19 bits per heavy atom. The maximum Gasteiger partial charge on any atom is 0.318 e. The van der Waals surface area contributed by atoms with Crippen LogP contribution in [0.25, 0.3) is 0 Å². The molecule has 2 aromatic heterocycles. The number of carbonyl (C=O) groups is 1. The Morgan fingerprint density at radius 3 is 2.74 bits per heavy atom. The van der Waals surface area contributed by atoms with Gasteiger partial charge in [0, 0.05) is 45.1 Å². The molecule has 27 heavy (non-hydrogen) atoms. The third kappa shape index (κ3) is 3.45. The van der Waals surface area contributed by atoms with Crippen LogP contribution in [0.1, 0.15) is 53.8 Å². The first-order valence-corrected chi connectivity index (χ1v) is 9.63. The largest absolute Gasteiger partial charge is 0.408 e. The molecule has 1 fully saturated rings. The quantitative estimate of drug-likeness (QED) is 0.847. The number of carbonyl (C=O) groups excluding carboxylic acids is 1. The van der Waals surface area contributed by atoms with Crippen LogP contribution in [0.3, 0.4) is 0 Å². The van der Waals surface area contributed by atoms with Gasteiger partial charge in [-0.05, 0) is 19.3 Å². The number of hydrogen-bond acceptors (Lipinski definition) is 8. The number of rotatable bonds is 5. The van der Waals surface area contributed by atoms with Crippen LogP contribution in [0, 0.1) is 0 Å². The highest BCUT2D eigenvalue weighted by atomic mass is 16.4. The lowest BCUT2D eigenvalue weighted by molar-refractivity contribution is 0.0785. The van der Waals surface area contributed by atoms with Crippen LogP contribution in [-0.2, 0) is 19.4 Å². The summed E-state index contributed by atoms with van der Waals surface area (Å²) in [6, 6.07) is 0.501. The van der Waals surface area contributed by atoms with Gasteiger partial charge in [-0.25, -0.2) is 9.97 Å². The summed E-state index contributed by atoms with van der Waals surface area (Å²) in [5.74, 6) is 1.13. The van der Waals surface area contributed by atoms with E-state index in [1.165, 1.54) is 0 Å². The SMILES string of the molecule is CCCc1nnc(N2CCc3nc(NC)nc(C(=O)N4CCCC4)c3C2)o1. The number of amides is 1. The normalized spacial score (nSPS) is 16.5. The molecule has 2 aromatic rings. The third-order valence-electron chi connectivity index (χ3n) is 5.07. The molecule has 9 nitrogen and oxygen atoms in total. The van der Waals surface area contributed by atoms with E-state index in [4.69, 9.17) is 4.42 Å². The van der Waals surface area contributed by atoms with Crippen LogP contribution in [0.2, 0.25) is 0 Å². The topological polar surface area (TPSA) is 100 Å². The average Bonchev–Trinajstić information content (AvgIpc) is 3.38. The van der Waals surface area contributed by atoms with Crippen molar-refractivity contribution in [2.24, 2.45) is 0 Å². The molecular formula is C18H25N7O2. The molecule has 9 heteroatoms. The molecule has 2 aliphatic rings. The summed E-state index contributed by atoms with van der Waals surface area (Å²) >= 11 is 0. The summed E-state index contributed by atoms with van der Waals surface area (Å²) in [5.41, 5.74) is 2.28. The highest BCUT2D eigenvalue weighted by molar-refractivity contribution is 5.94. The fraction of sp³-hybridized carbons (Fsp3) is 0.611. The molecule has 0 spiro atoms.